The van der Waals surface area contributed by atoms with E-state index in [0.717, 1.165) is 24.7 Å². The molecule has 0 unspecified atom stereocenters. The monoisotopic (exact) mass is 245 g/mol. The van der Waals surface area contributed by atoms with Gasteiger partial charge >= 0.3 is 0 Å². The van der Waals surface area contributed by atoms with E-state index in [1.807, 2.05) is 0 Å². The van der Waals surface area contributed by atoms with E-state index in [0.29, 0.717) is 0 Å². The fourth-order valence-corrected chi connectivity index (χ4v) is 3.38. The average molecular weight is 245 g/mol. The van der Waals surface area contributed by atoms with Crippen LogP contribution in [-0.2, 0) is 5.54 Å². The van der Waals surface area contributed by atoms with Crippen molar-refractivity contribution < 1.29 is 0 Å². The van der Waals surface area contributed by atoms with Gasteiger partial charge in [-0.3, -0.25) is 0 Å². The van der Waals surface area contributed by atoms with Gasteiger partial charge in [-0.25, -0.2) is 0 Å². The molecule has 0 bridgehead atoms. The maximum atomic E-state index is 6.71. The molecule has 1 saturated carbocycles. The lowest BCUT2D eigenvalue weighted by molar-refractivity contribution is 0.195. The Balaban J connectivity index is 2.21. The van der Waals surface area contributed by atoms with Crippen molar-refractivity contribution in [2.75, 3.05) is 0 Å². The molecule has 0 radical (unpaired) electrons. The molecule has 0 atom stereocenters. The van der Waals surface area contributed by atoms with E-state index in [-0.39, 0.29) is 5.54 Å². The highest BCUT2D eigenvalue weighted by Gasteiger charge is 2.35. The minimum atomic E-state index is -0.0819. The molecular weight excluding hydrogens is 218 g/mol. The molecule has 1 aliphatic carbocycles. The zero-order chi connectivity index (χ0) is 13.3. The third kappa shape index (κ3) is 2.47. The molecule has 0 saturated heterocycles. The molecular formula is C17H27N. The Hall–Kier alpha value is -0.820. The van der Waals surface area contributed by atoms with Crippen molar-refractivity contribution in [2.45, 2.75) is 58.9 Å². The average Bonchev–Trinajstić information content (AvgIpc) is 2.33. The lowest BCUT2D eigenvalue weighted by Crippen LogP contribution is -2.41. The zero-order valence-corrected chi connectivity index (χ0v) is 12.3. The highest BCUT2D eigenvalue weighted by Crippen LogP contribution is 2.41. The Labute approximate surface area is 112 Å². The number of hydrogen-bond acceptors (Lipinski definition) is 1. The summed E-state index contributed by atoms with van der Waals surface area (Å²) < 4.78 is 0. The first-order valence-electron chi connectivity index (χ1n) is 7.29. The molecule has 1 fully saturated rings. The Bertz CT molecular complexity index is 412. The highest BCUT2D eigenvalue weighted by molar-refractivity contribution is 5.38. The Morgan fingerprint density at radius 2 is 1.78 bits per heavy atom. The maximum absolute atomic E-state index is 6.71. The van der Waals surface area contributed by atoms with E-state index in [2.05, 4.69) is 45.9 Å². The van der Waals surface area contributed by atoms with Crippen LogP contribution < -0.4 is 5.73 Å². The lowest BCUT2D eigenvalue weighted by Gasteiger charge is -2.40. The molecule has 0 amide bonds. The molecule has 0 aromatic heterocycles. The van der Waals surface area contributed by atoms with Crippen LogP contribution >= 0.6 is 0 Å². The lowest BCUT2D eigenvalue weighted by atomic mass is 9.69. The molecule has 1 aromatic carbocycles. The zero-order valence-electron chi connectivity index (χ0n) is 12.3. The summed E-state index contributed by atoms with van der Waals surface area (Å²) in [5.74, 6) is 1.67. The Morgan fingerprint density at radius 1 is 1.17 bits per heavy atom. The summed E-state index contributed by atoms with van der Waals surface area (Å²) in [5.41, 5.74) is 10.8. The van der Waals surface area contributed by atoms with Gasteiger partial charge in [-0.05, 0) is 68.1 Å². The van der Waals surface area contributed by atoms with Crippen LogP contribution in [0.5, 0.6) is 0 Å². The van der Waals surface area contributed by atoms with Gasteiger partial charge in [0.15, 0.2) is 0 Å². The van der Waals surface area contributed by atoms with Gasteiger partial charge in [-0.15, -0.1) is 0 Å². The van der Waals surface area contributed by atoms with Gasteiger partial charge in [-0.1, -0.05) is 32.0 Å². The van der Waals surface area contributed by atoms with Crippen LogP contribution in [0.1, 0.15) is 56.2 Å². The molecule has 0 spiro atoms. The van der Waals surface area contributed by atoms with Crippen molar-refractivity contribution in [3.8, 4) is 0 Å². The van der Waals surface area contributed by atoms with E-state index in [1.54, 1.807) is 0 Å². The standard InChI is InChI=1S/C17H27N/c1-12(2)15-8-10-17(18,11-9-15)16-7-5-6-13(3)14(16)4/h5-7,12,15H,8-11,18H2,1-4H3. The van der Waals surface area contributed by atoms with E-state index in [4.69, 9.17) is 5.73 Å². The number of aryl methyl sites for hydroxylation is 1. The number of rotatable bonds is 2. The molecule has 2 rings (SSSR count). The second-order valence-corrected chi connectivity index (χ2v) is 6.49. The molecule has 1 aliphatic rings. The Morgan fingerprint density at radius 3 is 2.33 bits per heavy atom. The summed E-state index contributed by atoms with van der Waals surface area (Å²) >= 11 is 0. The van der Waals surface area contributed by atoms with Crippen molar-refractivity contribution in [1.82, 2.24) is 0 Å². The van der Waals surface area contributed by atoms with Gasteiger partial charge in [0, 0.05) is 5.54 Å². The molecule has 0 aliphatic heterocycles. The quantitative estimate of drug-likeness (QED) is 0.826. The summed E-state index contributed by atoms with van der Waals surface area (Å²) in [6, 6.07) is 6.57. The summed E-state index contributed by atoms with van der Waals surface area (Å²) in [4.78, 5) is 0. The van der Waals surface area contributed by atoms with Gasteiger partial charge in [0.25, 0.3) is 0 Å². The van der Waals surface area contributed by atoms with Crippen molar-refractivity contribution in [1.29, 1.82) is 0 Å². The van der Waals surface area contributed by atoms with Crippen molar-refractivity contribution >= 4 is 0 Å². The van der Waals surface area contributed by atoms with Crippen molar-refractivity contribution in [3.05, 3.63) is 34.9 Å². The van der Waals surface area contributed by atoms with Gasteiger partial charge < -0.3 is 5.73 Å². The predicted molar refractivity (Wildman–Crippen MR) is 78.6 cm³/mol. The summed E-state index contributed by atoms with van der Waals surface area (Å²) in [7, 11) is 0. The summed E-state index contributed by atoms with van der Waals surface area (Å²) in [6.07, 6.45) is 4.84. The van der Waals surface area contributed by atoms with Crippen LogP contribution in [-0.4, -0.2) is 0 Å². The second-order valence-electron chi connectivity index (χ2n) is 6.49. The first kappa shape index (κ1) is 13.6. The second kappa shape index (κ2) is 5.05. The number of benzene rings is 1. The smallest absolute Gasteiger partial charge is 0.0412 e. The van der Waals surface area contributed by atoms with Gasteiger partial charge in [0.1, 0.15) is 0 Å². The van der Waals surface area contributed by atoms with Gasteiger partial charge in [0.05, 0.1) is 0 Å². The molecule has 1 heteroatoms. The molecule has 100 valence electrons. The first-order valence-corrected chi connectivity index (χ1v) is 7.29. The minimum absolute atomic E-state index is 0.0819. The molecule has 1 aromatic rings. The van der Waals surface area contributed by atoms with E-state index >= 15 is 0 Å². The molecule has 18 heavy (non-hydrogen) atoms. The number of nitrogens with two attached hydrogens (primary N) is 1. The minimum Gasteiger partial charge on any atom is -0.321 e. The summed E-state index contributed by atoms with van der Waals surface area (Å²) in [6.45, 7) is 9.08. The third-order valence-electron chi connectivity index (χ3n) is 5.01. The number of hydrogen-bond donors (Lipinski definition) is 1. The van der Waals surface area contributed by atoms with Crippen molar-refractivity contribution in [3.63, 3.8) is 0 Å². The van der Waals surface area contributed by atoms with Gasteiger partial charge in [0.2, 0.25) is 0 Å². The largest absolute Gasteiger partial charge is 0.321 e. The normalized spacial score (nSPS) is 28.7. The van der Waals surface area contributed by atoms with E-state index < -0.39 is 0 Å². The van der Waals surface area contributed by atoms with E-state index in [1.165, 1.54) is 29.5 Å². The summed E-state index contributed by atoms with van der Waals surface area (Å²) in [5, 5.41) is 0. The van der Waals surface area contributed by atoms with Crippen molar-refractivity contribution in [2.24, 2.45) is 17.6 Å². The van der Waals surface area contributed by atoms with Crippen LogP contribution in [0.15, 0.2) is 18.2 Å². The first-order chi connectivity index (χ1) is 8.44. The highest BCUT2D eigenvalue weighted by atomic mass is 14.8. The van der Waals surface area contributed by atoms with Crippen LogP contribution in [0.3, 0.4) is 0 Å². The fraction of sp³-hybridized carbons (Fsp3) is 0.647. The van der Waals surface area contributed by atoms with Crippen LogP contribution in [0.4, 0.5) is 0 Å². The van der Waals surface area contributed by atoms with Crippen LogP contribution in [0.2, 0.25) is 0 Å². The SMILES string of the molecule is Cc1cccc(C2(N)CCC(C(C)C)CC2)c1C. The molecule has 1 nitrogen and oxygen atoms in total. The molecule has 0 heterocycles. The van der Waals surface area contributed by atoms with Crippen LogP contribution in [0.25, 0.3) is 0 Å². The van der Waals surface area contributed by atoms with Crippen LogP contribution in [0, 0.1) is 25.7 Å². The predicted octanol–water partition coefficient (Wildman–Crippen LogP) is 4.30. The molecule has 2 N–H and O–H groups in total. The van der Waals surface area contributed by atoms with E-state index in [9.17, 15) is 0 Å². The third-order valence-corrected chi connectivity index (χ3v) is 5.01. The van der Waals surface area contributed by atoms with Gasteiger partial charge in [-0.2, -0.15) is 0 Å². The topological polar surface area (TPSA) is 26.0 Å². The maximum Gasteiger partial charge on any atom is 0.0412 e. The fourth-order valence-electron chi connectivity index (χ4n) is 3.38. The Kier molecular flexibility index (Phi) is 3.82.